The van der Waals surface area contributed by atoms with Gasteiger partial charge in [-0.3, -0.25) is 9.59 Å². The summed E-state index contributed by atoms with van der Waals surface area (Å²) in [4.78, 5) is 38.2. The molecule has 0 fully saturated rings. The van der Waals surface area contributed by atoms with Crippen molar-refractivity contribution in [1.82, 2.24) is 4.90 Å². The number of halogens is 1. The van der Waals surface area contributed by atoms with Gasteiger partial charge in [0.25, 0.3) is 5.91 Å². The van der Waals surface area contributed by atoms with Crippen LogP contribution in [0.25, 0.3) is 0 Å². The van der Waals surface area contributed by atoms with E-state index in [2.05, 4.69) is 5.32 Å². The van der Waals surface area contributed by atoms with Crippen molar-refractivity contribution >= 4 is 35.1 Å². The van der Waals surface area contributed by atoms with Crippen LogP contribution in [0.4, 0.5) is 5.69 Å². The van der Waals surface area contributed by atoms with E-state index in [1.54, 1.807) is 60.7 Å². The molecule has 0 atom stereocenters. The first kappa shape index (κ1) is 22.8. The van der Waals surface area contributed by atoms with E-state index in [4.69, 9.17) is 21.1 Å². The summed E-state index contributed by atoms with van der Waals surface area (Å²) in [5, 5.41) is 3.02. The first-order valence-corrected chi connectivity index (χ1v) is 10.1. The molecule has 164 valence electrons. The summed E-state index contributed by atoms with van der Waals surface area (Å²) in [6.07, 6.45) is 0. The molecule has 32 heavy (non-hydrogen) atoms. The van der Waals surface area contributed by atoms with Gasteiger partial charge >= 0.3 is 5.97 Å². The number of para-hydroxylation sites is 3. The Morgan fingerprint density at radius 2 is 1.56 bits per heavy atom. The van der Waals surface area contributed by atoms with Crippen LogP contribution in [0.5, 0.6) is 11.5 Å². The molecular formula is C24H21ClN2O5. The zero-order chi connectivity index (χ0) is 22.9. The Kier molecular flexibility index (Phi) is 7.83. The van der Waals surface area contributed by atoms with Gasteiger partial charge in [0.05, 0.1) is 17.3 Å². The molecular weight excluding hydrogens is 432 g/mol. The maximum absolute atomic E-state index is 12.5. The SMILES string of the molecule is CN(CC(=O)Nc1ccccc1Cl)C(=O)COC(=O)c1ccccc1Oc1ccccc1. The van der Waals surface area contributed by atoms with Crippen LogP contribution in [-0.2, 0) is 14.3 Å². The zero-order valence-electron chi connectivity index (χ0n) is 17.3. The topological polar surface area (TPSA) is 84.9 Å². The lowest BCUT2D eigenvalue weighted by Gasteiger charge is -2.17. The number of carbonyl (C=O) groups is 3. The number of nitrogens with one attached hydrogen (secondary N) is 1. The Bertz CT molecular complexity index is 1100. The van der Waals surface area contributed by atoms with E-state index in [0.29, 0.717) is 22.2 Å². The van der Waals surface area contributed by atoms with E-state index in [1.807, 2.05) is 18.2 Å². The predicted molar refractivity (Wildman–Crippen MR) is 121 cm³/mol. The van der Waals surface area contributed by atoms with Gasteiger partial charge in [0.15, 0.2) is 6.61 Å². The number of benzene rings is 3. The quantitative estimate of drug-likeness (QED) is 0.512. The summed E-state index contributed by atoms with van der Waals surface area (Å²) in [5.41, 5.74) is 0.629. The maximum Gasteiger partial charge on any atom is 0.342 e. The summed E-state index contributed by atoms with van der Waals surface area (Å²) in [6.45, 7) is -0.746. The Balaban J connectivity index is 1.54. The zero-order valence-corrected chi connectivity index (χ0v) is 18.0. The molecule has 7 nitrogen and oxygen atoms in total. The highest BCUT2D eigenvalue weighted by Crippen LogP contribution is 2.25. The highest BCUT2D eigenvalue weighted by Gasteiger charge is 2.19. The second kappa shape index (κ2) is 11.0. The Morgan fingerprint density at radius 3 is 2.31 bits per heavy atom. The molecule has 1 N–H and O–H groups in total. The minimum atomic E-state index is -0.709. The third-order valence-electron chi connectivity index (χ3n) is 4.36. The standard InChI is InChI=1S/C24H21ClN2O5/c1-27(15-22(28)26-20-13-7-6-12-19(20)25)23(29)16-31-24(30)18-11-5-8-14-21(18)32-17-9-3-2-4-10-17/h2-14H,15-16H2,1H3,(H,26,28). The van der Waals surface area contributed by atoms with Crippen LogP contribution in [0.15, 0.2) is 78.9 Å². The van der Waals surface area contributed by atoms with Crippen molar-refractivity contribution in [3.63, 3.8) is 0 Å². The van der Waals surface area contributed by atoms with Crippen molar-refractivity contribution in [2.45, 2.75) is 0 Å². The molecule has 0 spiro atoms. The van der Waals surface area contributed by atoms with E-state index in [0.717, 1.165) is 4.90 Å². The van der Waals surface area contributed by atoms with Crippen LogP contribution < -0.4 is 10.1 Å². The second-order valence-electron chi connectivity index (χ2n) is 6.77. The fourth-order valence-electron chi connectivity index (χ4n) is 2.71. The molecule has 0 saturated carbocycles. The van der Waals surface area contributed by atoms with Gasteiger partial charge < -0.3 is 19.7 Å². The minimum absolute atomic E-state index is 0.184. The number of anilines is 1. The number of ether oxygens (including phenoxy) is 2. The molecule has 2 amide bonds. The molecule has 0 aliphatic rings. The maximum atomic E-state index is 12.5. The number of amides is 2. The first-order chi connectivity index (χ1) is 15.4. The van der Waals surface area contributed by atoms with Crippen molar-refractivity contribution in [2.75, 3.05) is 25.5 Å². The third kappa shape index (κ3) is 6.33. The molecule has 0 aromatic heterocycles. The fourth-order valence-corrected chi connectivity index (χ4v) is 2.89. The van der Waals surface area contributed by atoms with Crippen molar-refractivity contribution in [3.8, 4) is 11.5 Å². The average molecular weight is 453 g/mol. The Labute approximate surface area is 190 Å². The summed E-state index contributed by atoms with van der Waals surface area (Å²) in [6, 6.07) is 22.3. The summed E-state index contributed by atoms with van der Waals surface area (Å²) in [7, 11) is 1.44. The number of nitrogens with zero attached hydrogens (tertiary/aromatic N) is 1. The van der Waals surface area contributed by atoms with Crippen LogP contribution in [-0.4, -0.2) is 42.9 Å². The lowest BCUT2D eigenvalue weighted by atomic mass is 10.2. The second-order valence-corrected chi connectivity index (χ2v) is 7.17. The number of esters is 1. The normalized spacial score (nSPS) is 10.2. The summed E-state index contributed by atoms with van der Waals surface area (Å²) < 4.78 is 10.9. The molecule has 0 bridgehead atoms. The molecule has 0 aliphatic carbocycles. The van der Waals surface area contributed by atoms with Gasteiger partial charge in [0.2, 0.25) is 5.91 Å². The van der Waals surface area contributed by atoms with Gasteiger partial charge in [0.1, 0.15) is 17.1 Å². The van der Waals surface area contributed by atoms with Crippen molar-refractivity contribution in [1.29, 1.82) is 0 Å². The Morgan fingerprint density at radius 1 is 0.906 bits per heavy atom. The van der Waals surface area contributed by atoms with Crippen LogP contribution in [0.1, 0.15) is 10.4 Å². The van der Waals surface area contributed by atoms with Gasteiger partial charge in [-0.25, -0.2) is 4.79 Å². The average Bonchev–Trinajstić information content (AvgIpc) is 2.79. The fraction of sp³-hybridized carbons (Fsp3) is 0.125. The van der Waals surface area contributed by atoms with Crippen molar-refractivity contribution < 1.29 is 23.9 Å². The van der Waals surface area contributed by atoms with E-state index in [1.165, 1.54) is 7.05 Å². The van der Waals surface area contributed by atoms with Crippen LogP contribution in [0, 0.1) is 0 Å². The minimum Gasteiger partial charge on any atom is -0.456 e. The Hall–Kier alpha value is -3.84. The van der Waals surface area contributed by atoms with E-state index >= 15 is 0 Å². The molecule has 3 aromatic carbocycles. The monoisotopic (exact) mass is 452 g/mol. The first-order valence-electron chi connectivity index (χ1n) is 9.71. The number of hydrogen-bond acceptors (Lipinski definition) is 5. The van der Waals surface area contributed by atoms with Crippen molar-refractivity contribution in [2.24, 2.45) is 0 Å². The highest BCUT2D eigenvalue weighted by atomic mass is 35.5. The van der Waals surface area contributed by atoms with Gasteiger partial charge in [-0.15, -0.1) is 0 Å². The predicted octanol–water partition coefficient (Wildman–Crippen LogP) is 4.39. The van der Waals surface area contributed by atoms with Gasteiger partial charge in [0, 0.05) is 7.05 Å². The third-order valence-corrected chi connectivity index (χ3v) is 4.69. The number of carbonyl (C=O) groups excluding carboxylic acids is 3. The molecule has 3 aromatic rings. The number of hydrogen-bond donors (Lipinski definition) is 1. The molecule has 8 heteroatoms. The lowest BCUT2D eigenvalue weighted by Crippen LogP contribution is -2.37. The number of rotatable bonds is 8. The van der Waals surface area contributed by atoms with Gasteiger partial charge in [-0.1, -0.05) is 54.1 Å². The van der Waals surface area contributed by atoms with E-state index in [-0.39, 0.29) is 12.1 Å². The lowest BCUT2D eigenvalue weighted by molar-refractivity contribution is -0.136. The van der Waals surface area contributed by atoms with Crippen LogP contribution in [0.2, 0.25) is 5.02 Å². The van der Waals surface area contributed by atoms with E-state index in [9.17, 15) is 14.4 Å². The molecule has 0 aliphatic heterocycles. The molecule has 0 saturated heterocycles. The summed E-state index contributed by atoms with van der Waals surface area (Å²) >= 11 is 6.01. The molecule has 0 unspecified atom stereocenters. The van der Waals surface area contributed by atoms with Gasteiger partial charge in [-0.2, -0.15) is 0 Å². The largest absolute Gasteiger partial charge is 0.456 e. The molecule has 3 rings (SSSR count). The highest BCUT2D eigenvalue weighted by molar-refractivity contribution is 6.33. The van der Waals surface area contributed by atoms with Crippen LogP contribution >= 0.6 is 11.6 Å². The van der Waals surface area contributed by atoms with Crippen molar-refractivity contribution in [3.05, 3.63) is 89.4 Å². The summed E-state index contributed by atoms with van der Waals surface area (Å²) in [5.74, 6) is -0.800. The smallest absolute Gasteiger partial charge is 0.342 e. The molecule has 0 radical (unpaired) electrons. The number of likely N-dealkylation sites (N-methyl/N-ethyl adjacent to an activating group) is 1. The van der Waals surface area contributed by atoms with E-state index < -0.39 is 24.4 Å². The van der Waals surface area contributed by atoms with Gasteiger partial charge in [-0.05, 0) is 36.4 Å². The molecule has 0 heterocycles. The van der Waals surface area contributed by atoms with Crippen LogP contribution in [0.3, 0.4) is 0 Å².